The summed E-state index contributed by atoms with van der Waals surface area (Å²) in [6.07, 6.45) is 1.52. The zero-order valence-electron chi connectivity index (χ0n) is 14.9. The van der Waals surface area contributed by atoms with Gasteiger partial charge in [-0.25, -0.2) is 8.78 Å². The molecule has 0 unspecified atom stereocenters. The predicted molar refractivity (Wildman–Crippen MR) is 108 cm³/mol. The first-order valence-electron chi connectivity index (χ1n) is 8.12. The van der Waals surface area contributed by atoms with Gasteiger partial charge in [-0.05, 0) is 63.6 Å². The van der Waals surface area contributed by atoms with Gasteiger partial charge in [0.1, 0.15) is 23.9 Å². The number of hydrogen-bond donors (Lipinski definition) is 1. The number of carbonyl (C=O) groups excluding carboxylic acids is 3. The minimum atomic E-state index is -0.961. The van der Waals surface area contributed by atoms with Crippen LogP contribution in [0.25, 0.3) is 6.08 Å². The summed E-state index contributed by atoms with van der Waals surface area (Å²) in [6, 6.07) is 7.78. The highest BCUT2D eigenvalue weighted by Crippen LogP contribution is 2.33. The van der Waals surface area contributed by atoms with Gasteiger partial charge in [0.05, 0.1) is 22.2 Å². The summed E-state index contributed by atoms with van der Waals surface area (Å²) in [6.45, 7) is -0.592. The van der Waals surface area contributed by atoms with Crippen molar-refractivity contribution in [2.45, 2.75) is 0 Å². The fraction of sp³-hybridized carbons (Fsp3) is 0.105. The molecule has 0 spiro atoms. The maximum Gasteiger partial charge on any atom is 0.294 e. The van der Waals surface area contributed by atoms with E-state index in [4.69, 9.17) is 4.74 Å². The van der Waals surface area contributed by atoms with Crippen LogP contribution in [0, 0.1) is 11.6 Å². The zero-order valence-corrected chi connectivity index (χ0v) is 17.3. The maximum atomic E-state index is 13.6. The van der Waals surface area contributed by atoms with Gasteiger partial charge in [-0.15, -0.1) is 0 Å². The number of imide groups is 1. The molecule has 0 aliphatic carbocycles. The molecule has 1 fully saturated rings. The number of thioether (sulfide) groups is 1. The normalized spacial score (nSPS) is 15.2. The highest BCUT2D eigenvalue weighted by molar-refractivity contribution is 9.10. The molecule has 6 nitrogen and oxygen atoms in total. The zero-order chi connectivity index (χ0) is 21.1. The molecule has 0 atom stereocenters. The summed E-state index contributed by atoms with van der Waals surface area (Å²) in [5.41, 5.74) is 0.406. The van der Waals surface area contributed by atoms with Gasteiger partial charge < -0.3 is 10.1 Å². The number of ether oxygens (including phenoxy) is 1. The Morgan fingerprint density at radius 3 is 2.66 bits per heavy atom. The van der Waals surface area contributed by atoms with Crippen LogP contribution in [0.5, 0.6) is 5.75 Å². The Balaban J connectivity index is 1.71. The summed E-state index contributed by atoms with van der Waals surface area (Å²) in [5.74, 6) is -2.56. The molecule has 3 amide bonds. The van der Waals surface area contributed by atoms with Crippen molar-refractivity contribution in [3.8, 4) is 5.75 Å². The number of nitrogens with one attached hydrogen (secondary N) is 1. The highest BCUT2D eigenvalue weighted by atomic mass is 79.9. The molecule has 0 aromatic heterocycles. The second kappa shape index (κ2) is 8.75. The van der Waals surface area contributed by atoms with Crippen molar-refractivity contribution in [1.29, 1.82) is 0 Å². The van der Waals surface area contributed by atoms with Crippen molar-refractivity contribution >= 4 is 56.5 Å². The van der Waals surface area contributed by atoms with Crippen LogP contribution in [0.4, 0.5) is 19.3 Å². The Hall–Kier alpha value is -2.72. The van der Waals surface area contributed by atoms with E-state index in [9.17, 15) is 23.2 Å². The van der Waals surface area contributed by atoms with Crippen LogP contribution in [0.2, 0.25) is 0 Å². The van der Waals surface area contributed by atoms with Crippen molar-refractivity contribution in [2.75, 3.05) is 19.0 Å². The number of anilines is 1. The molecule has 1 heterocycles. The largest absolute Gasteiger partial charge is 0.496 e. The third kappa shape index (κ3) is 4.83. The van der Waals surface area contributed by atoms with Gasteiger partial charge in [-0.2, -0.15) is 0 Å². The van der Waals surface area contributed by atoms with E-state index in [2.05, 4.69) is 21.2 Å². The fourth-order valence-corrected chi connectivity index (χ4v) is 3.88. The molecule has 0 saturated carbocycles. The molecule has 1 N–H and O–H groups in total. The van der Waals surface area contributed by atoms with Crippen LogP contribution < -0.4 is 10.1 Å². The second-order valence-corrected chi connectivity index (χ2v) is 7.68. The molecule has 1 aliphatic heterocycles. The molecule has 3 rings (SSSR count). The van der Waals surface area contributed by atoms with E-state index in [1.54, 1.807) is 18.2 Å². The first-order chi connectivity index (χ1) is 13.8. The molecule has 29 heavy (non-hydrogen) atoms. The number of benzene rings is 2. The lowest BCUT2D eigenvalue weighted by atomic mass is 10.2. The predicted octanol–water partition coefficient (Wildman–Crippen LogP) is 4.41. The van der Waals surface area contributed by atoms with Crippen LogP contribution in [0.1, 0.15) is 5.56 Å². The smallest absolute Gasteiger partial charge is 0.294 e. The minimum absolute atomic E-state index is 0.146. The fourth-order valence-electron chi connectivity index (χ4n) is 2.48. The summed E-state index contributed by atoms with van der Waals surface area (Å²) in [5, 5.41) is 1.59. The first kappa shape index (κ1) is 21.0. The number of hydrogen-bond acceptors (Lipinski definition) is 5. The molecule has 0 bridgehead atoms. The van der Waals surface area contributed by atoms with E-state index >= 15 is 0 Å². The second-order valence-electron chi connectivity index (χ2n) is 5.83. The number of methoxy groups -OCH3 is 1. The van der Waals surface area contributed by atoms with Gasteiger partial charge in [0, 0.05) is 6.07 Å². The van der Waals surface area contributed by atoms with Crippen LogP contribution in [-0.4, -0.2) is 35.6 Å². The van der Waals surface area contributed by atoms with Crippen molar-refractivity contribution < 1.29 is 27.9 Å². The molecule has 150 valence electrons. The molecular formula is C19H13BrF2N2O4S. The third-order valence-corrected chi connectivity index (χ3v) is 5.38. The standard InChI is InChI=1S/C19H13BrF2N2O4S/c1-28-15-5-2-10(6-12(15)20)7-16-18(26)24(19(27)29-16)9-17(25)23-14-4-3-11(21)8-13(14)22/h2-8H,9H2,1H3,(H,23,25). The van der Waals surface area contributed by atoms with Gasteiger partial charge in [0.2, 0.25) is 5.91 Å². The van der Waals surface area contributed by atoms with Crippen molar-refractivity contribution in [3.63, 3.8) is 0 Å². The Morgan fingerprint density at radius 2 is 2.00 bits per heavy atom. The Labute approximate surface area is 177 Å². The van der Waals surface area contributed by atoms with E-state index in [1.807, 2.05) is 0 Å². The maximum absolute atomic E-state index is 13.6. The Kier molecular flexibility index (Phi) is 6.33. The van der Waals surface area contributed by atoms with Crippen molar-refractivity contribution in [2.24, 2.45) is 0 Å². The molecule has 10 heteroatoms. The van der Waals surface area contributed by atoms with E-state index in [0.29, 0.717) is 33.6 Å². The molecule has 2 aromatic rings. The molecule has 1 aliphatic rings. The number of rotatable bonds is 5. The lowest BCUT2D eigenvalue weighted by Crippen LogP contribution is -2.36. The lowest BCUT2D eigenvalue weighted by molar-refractivity contribution is -0.127. The van der Waals surface area contributed by atoms with E-state index in [1.165, 1.54) is 13.2 Å². The molecule has 1 saturated heterocycles. The Bertz CT molecular complexity index is 1040. The van der Waals surface area contributed by atoms with Gasteiger partial charge in [-0.1, -0.05) is 6.07 Å². The summed E-state index contributed by atoms with van der Waals surface area (Å²) < 4.78 is 32.4. The van der Waals surface area contributed by atoms with Crippen LogP contribution >= 0.6 is 27.7 Å². The summed E-state index contributed by atoms with van der Waals surface area (Å²) in [7, 11) is 1.52. The monoisotopic (exact) mass is 482 g/mol. The van der Waals surface area contributed by atoms with E-state index in [-0.39, 0.29) is 10.6 Å². The van der Waals surface area contributed by atoms with E-state index < -0.39 is 35.2 Å². The highest BCUT2D eigenvalue weighted by Gasteiger charge is 2.36. The van der Waals surface area contributed by atoms with Gasteiger partial charge in [-0.3, -0.25) is 19.3 Å². The lowest BCUT2D eigenvalue weighted by Gasteiger charge is -2.12. The Morgan fingerprint density at radius 1 is 1.24 bits per heavy atom. The quantitative estimate of drug-likeness (QED) is 0.638. The van der Waals surface area contributed by atoms with Gasteiger partial charge >= 0.3 is 0 Å². The van der Waals surface area contributed by atoms with Gasteiger partial charge in [0.25, 0.3) is 11.1 Å². The third-order valence-electron chi connectivity index (χ3n) is 3.85. The van der Waals surface area contributed by atoms with Crippen molar-refractivity contribution in [1.82, 2.24) is 4.90 Å². The summed E-state index contributed by atoms with van der Waals surface area (Å²) >= 11 is 4.03. The molecular weight excluding hydrogens is 470 g/mol. The SMILES string of the molecule is COc1ccc(C=C2SC(=O)N(CC(=O)Nc3ccc(F)cc3F)C2=O)cc1Br. The average Bonchev–Trinajstić information content (AvgIpc) is 2.91. The van der Waals surface area contributed by atoms with E-state index in [0.717, 1.165) is 17.0 Å². The number of nitrogens with zero attached hydrogens (tertiary/aromatic N) is 1. The summed E-state index contributed by atoms with van der Waals surface area (Å²) in [4.78, 5) is 37.7. The number of amides is 3. The average molecular weight is 483 g/mol. The molecule has 2 aromatic carbocycles. The first-order valence-corrected chi connectivity index (χ1v) is 9.73. The van der Waals surface area contributed by atoms with Crippen LogP contribution in [-0.2, 0) is 9.59 Å². The van der Waals surface area contributed by atoms with Crippen LogP contribution in [0.3, 0.4) is 0 Å². The number of carbonyl (C=O) groups is 3. The topological polar surface area (TPSA) is 75.7 Å². The van der Waals surface area contributed by atoms with Crippen molar-refractivity contribution in [3.05, 3.63) is 63.0 Å². The van der Waals surface area contributed by atoms with Crippen LogP contribution in [0.15, 0.2) is 45.8 Å². The minimum Gasteiger partial charge on any atom is -0.496 e. The number of halogens is 3. The van der Waals surface area contributed by atoms with Gasteiger partial charge in [0.15, 0.2) is 0 Å². The molecule has 0 radical (unpaired) electrons.